The van der Waals surface area contributed by atoms with Crippen LogP contribution in [0.2, 0.25) is 0 Å². The highest BCUT2D eigenvalue weighted by Gasteiger charge is 2.55. The molecule has 0 bridgehead atoms. The first kappa shape index (κ1) is 4.71. The molecule has 1 aliphatic carbocycles. The molecule has 2 heterocycles. The third kappa shape index (κ3) is 0.364. The maximum atomic E-state index is 10.9. The molecule has 0 radical (unpaired) electrons. The van der Waals surface area contributed by atoms with Gasteiger partial charge in [0.2, 0.25) is 5.69 Å². The summed E-state index contributed by atoms with van der Waals surface area (Å²) in [5, 5.41) is 14.5. The van der Waals surface area contributed by atoms with Crippen molar-refractivity contribution in [1.29, 1.82) is 0 Å². The second-order valence-electron chi connectivity index (χ2n) is 3.03. The summed E-state index contributed by atoms with van der Waals surface area (Å²) in [4.78, 5) is 0. The van der Waals surface area contributed by atoms with Crippen molar-refractivity contribution in [3.05, 3.63) is 5.69 Å². The van der Waals surface area contributed by atoms with Gasteiger partial charge in [-0.3, -0.25) is 0 Å². The number of aromatic nitrogens is 2. The van der Waals surface area contributed by atoms with Crippen LogP contribution >= 0.6 is 0 Å². The molecule has 10 heavy (non-hydrogen) atoms. The van der Waals surface area contributed by atoms with Crippen LogP contribution in [-0.2, 0) is 6.54 Å². The zero-order valence-electron chi connectivity index (χ0n) is 5.28. The van der Waals surface area contributed by atoms with Gasteiger partial charge >= 0.3 is 0 Å². The number of hydrogen-bond donors (Lipinski definition) is 0. The summed E-state index contributed by atoms with van der Waals surface area (Å²) in [6, 6.07) is 0. The minimum absolute atomic E-state index is 0.231. The lowest BCUT2D eigenvalue weighted by atomic mass is 10.3. The fourth-order valence-electron chi connectivity index (χ4n) is 1.76. The van der Waals surface area contributed by atoms with E-state index in [1.165, 1.54) is 0 Å². The summed E-state index contributed by atoms with van der Waals surface area (Å²) in [6.07, 6.45) is 1.16. The summed E-state index contributed by atoms with van der Waals surface area (Å²) in [5.74, 6) is 0.954. The summed E-state index contributed by atoms with van der Waals surface area (Å²) >= 11 is 0. The molecule has 2 aliphatic rings. The van der Waals surface area contributed by atoms with Gasteiger partial charge in [-0.1, -0.05) is 4.68 Å². The van der Waals surface area contributed by atoms with Gasteiger partial charge in [-0.05, 0) is 6.42 Å². The van der Waals surface area contributed by atoms with Gasteiger partial charge in [0, 0.05) is 5.92 Å². The zero-order valence-corrected chi connectivity index (χ0v) is 5.28. The van der Waals surface area contributed by atoms with Gasteiger partial charge in [-0.25, -0.2) is 0 Å². The van der Waals surface area contributed by atoms with Gasteiger partial charge in [0.25, 0.3) is 0 Å². The summed E-state index contributed by atoms with van der Waals surface area (Å²) in [5.41, 5.74) is 0.796. The molecule has 0 aromatic carbocycles. The first-order chi connectivity index (χ1) is 4.86. The Balaban J connectivity index is 2.25. The van der Waals surface area contributed by atoms with E-state index in [0.29, 0.717) is 11.8 Å². The maximum Gasteiger partial charge on any atom is 0.237 e. The van der Waals surface area contributed by atoms with Crippen LogP contribution < -0.4 is 9.79 Å². The van der Waals surface area contributed by atoms with Crippen molar-refractivity contribution < 1.29 is 14.3 Å². The Labute approximate surface area is 57.0 Å². The summed E-state index contributed by atoms with van der Waals surface area (Å²) < 4.78 is 6.19. The first-order valence-corrected chi connectivity index (χ1v) is 3.43. The highest BCUT2D eigenvalue weighted by molar-refractivity contribution is 5.20. The normalized spacial score (nSPS) is 33.6. The Bertz CT molecular complexity index is 294. The molecular formula is C6H6N2O2. The lowest BCUT2D eigenvalue weighted by Gasteiger charge is -1.86. The highest BCUT2D eigenvalue weighted by Crippen LogP contribution is 2.51. The third-order valence-electron chi connectivity index (χ3n) is 2.39. The molecule has 0 N–H and O–H groups in total. The van der Waals surface area contributed by atoms with E-state index >= 15 is 0 Å². The molecule has 0 amide bonds. The molecule has 0 saturated heterocycles. The van der Waals surface area contributed by atoms with Gasteiger partial charge in [0.15, 0.2) is 12.5 Å². The van der Waals surface area contributed by atoms with Crippen molar-refractivity contribution in [2.75, 3.05) is 0 Å². The second kappa shape index (κ2) is 1.19. The lowest BCUT2D eigenvalue weighted by Crippen LogP contribution is -2.36. The molecule has 3 rings (SSSR count). The molecule has 2 atom stereocenters. The van der Waals surface area contributed by atoms with Crippen LogP contribution in [-0.4, -0.2) is 5.27 Å². The number of fused-ring (bicyclic) bond motifs is 3. The predicted molar refractivity (Wildman–Crippen MR) is 27.0 cm³/mol. The van der Waals surface area contributed by atoms with Crippen LogP contribution in [0, 0.1) is 5.92 Å². The fraction of sp³-hybridized carbons (Fsp3) is 0.667. The van der Waals surface area contributed by atoms with E-state index in [2.05, 4.69) is 9.79 Å². The molecule has 4 heteroatoms. The van der Waals surface area contributed by atoms with E-state index in [0.717, 1.165) is 18.7 Å². The molecule has 52 valence electrons. The number of nitrogens with zero attached hydrogens (tertiary/aromatic N) is 2. The lowest BCUT2D eigenvalue weighted by molar-refractivity contribution is -0.762. The Morgan fingerprint density at radius 2 is 2.60 bits per heavy atom. The van der Waals surface area contributed by atoms with E-state index in [4.69, 9.17) is 0 Å². The zero-order chi connectivity index (χ0) is 6.72. The van der Waals surface area contributed by atoms with E-state index in [1.807, 2.05) is 0 Å². The van der Waals surface area contributed by atoms with Crippen LogP contribution in [0.3, 0.4) is 0 Å². The van der Waals surface area contributed by atoms with Gasteiger partial charge in [-0.2, -0.15) is 0 Å². The minimum Gasteiger partial charge on any atom is -0.539 e. The number of hydrogen-bond acceptors (Lipinski definition) is 3. The van der Waals surface area contributed by atoms with Crippen molar-refractivity contribution in [2.24, 2.45) is 5.92 Å². The molecule has 0 spiro atoms. The summed E-state index contributed by atoms with van der Waals surface area (Å²) in [6.45, 7) is 0.895. The van der Waals surface area contributed by atoms with Gasteiger partial charge in [0.05, 0.1) is 11.2 Å². The van der Waals surface area contributed by atoms with Crippen LogP contribution in [0.1, 0.15) is 18.0 Å². The molecule has 1 aromatic rings. The Kier molecular flexibility index (Phi) is 0.560. The smallest absolute Gasteiger partial charge is 0.237 e. The van der Waals surface area contributed by atoms with Gasteiger partial charge in [-0.15, -0.1) is 0 Å². The molecule has 1 aliphatic heterocycles. The van der Waals surface area contributed by atoms with Crippen LogP contribution in [0.5, 0.6) is 5.95 Å². The first-order valence-electron chi connectivity index (χ1n) is 3.43. The predicted octanol–water partition coefficient (Wildman–Crippen LogP) is -0.847. The van der Waals surface area contributed by atoms with Crippen molar-refractivity contribution >= 4 is 0 Å². The van der Waals surface area contributed by atoms with Crippen LogP contribution in [0.25, 0.3) is 0 Å². The van der Waals surface area contributed by atoms with Crippen LogP contribution in [0.4, 0.5) is 0 Å². The topological polar surface area (TPSA) is 53.0 Å². The second-order valence-corrected chi connectivity index (χ2v) is 3.03. The van der Waals surface area contributed by atoms with Crippen molar-refractivity contribution in [3.8, 4) is 5.95 Å². The van der Waals surface area contributed by atoms with Crippen molar-refractivity contribution in [3.63, 3.8) is 0 Å². The molecule has 4 nitrogen and oxygen atoms in total. The maximum absolute atomic E-state index is 10.9. The van der Waals surface area contributed by atoms with E-state index in [1.54, 1.807) is 4.68 Å². The van der Waals surface area contributed by atoms with Crippen LogP contribution in [0.15, 0.2) is 4.52 Å². The Morgan fingerprint density at radius 1 is 1.70 bits per heavy atom. The Morgan fingerprint density at radius 3 is 3.40 bits per heavy atom. The third-order valence-corrected chi connectivity index (χ3v) is 2.39. The SMILES string of the molecule is [O-]c1on[n+]2c1C1CC1C2. The summed E-state index contributed by atoms with van der Waals surface area (Å²) in [7, 11) is 0. The van der Waals surface area contributed by atoms with Crippen molar-refractivity contribution in [2.45, 2.75) is 18.9 Å². The monoisotopic (exact) mass is 138 g/mol. The minimum atomic E-state index is -0.231. The fourth-order valence-corrected chi connectivity index (χ4v) is 1.76. The average molecular weight is 138 g/mol. The van der Waals surface area contributed by atoms with E-state index in [9.17, 15) is 5.11 Å². The molecule has 1 saturated carbocycles. The molecule has 1 fully saturated rings. The van der Waals surface area contributed by atoms with Gasteiger partial charge < -0.3 is 9.63 Å². The van der Waals surface area contributed by atoms with E-state index < -0.39 is 0 Å². The average Bonchev–Trinajstić information content (AvgIpc) is 2.40. The molecular weight excluding hydrogens is 132 g/mol. The highest BCUT2D eigenvalue weighted by atomic mass is 16.6. The molecule has 2 unspecified atom stereocenters. The van der Waals surface area contributed by atoms with Crippen molar-refractivity contribution in [1.82, 2.24) is 5.27 Å². The van der Waals surface area contributed by atoms with E-state index in [-0.39, 0.29) is 5.95 Å². The molecule has 1 aromatic heterocycles. The Hall–Kier alpha value is -1.06. The standard InChI is InChI=1S/C6H6N2O2/c9-6-5-4-1-3(4)2-8(5)7-10-6/h3-4H,1-2H2. The van der Waals surface area contributed by atoms with Gasteiger partial charge in [0.1, 0.15) is 0 Å². The largest absolute Gasteiger partial charge is 0.539 e. The quantitative estimate of drug-likeness (QED) is 0.439. The number of rotatable bonds is 0.